The second-order valence-electron chi connectivity index (χ2n) is 7.07. The fourth-order valence-corrected chi connectivity index (χ4v) is 3.74. The second-order valence-corrected chi connectivity index (χ2v) is 7.07. The van der Waals surface area contributed by atoms with Gasteiger partial charge in [0.05, 0.1) is 0 Å². The number of nitrogens with zero attached hydrogens (tertiary/aromatic N) is 1. The first-order chi connectivity index (χ1) is 12.7. The van der Waals surface area contributed by atoms with Crippen LogP contribution in [-0.2, 0) is 11.2 Å². The van der Waals surface area contributed by atoms with Crippen LogP contribution >= 0.6 is 0 Å². The Bertz CT molecular complexity index is 819. The van der Waals surface area contributed by atoms with Gasteiger partial charge in [0.15, 0.2) is 0 Å². The number of rotatable bonds is 4. The van der Waals surface area contributed by atoms with Crippen molar-refractivity contribution < 1.29 is 9.59 Å². The quantitative estimate of drug-likeness (QED) is 0.892. The molecule has 2 amide bonds. The molecule has 0 spiro atoms. The highest BCUT2D eigenvalue weighted by molar-refractivity contribution is 5.97. The number of hydrogen-bond donors (Lipinski definition) is 2. The summed E-state index contributed by atoms with van der Waals surface area (Å²) in [6, 6.07) is 15.9. The van der Waals surface area contributed by atoms with Gasteiger partial charge in [-0.1, -0.05) is 18.2 Å². The van der Waals surface area contributed by atoms with E-state index in [1.807, 2.05) is 18.2 Å². The normalized spacial score (nSPS) is 19.0. The molecule has 0 bridgehead atoms. The lowest BCUT2D eigenvalue weighted by atomic mass is 10.00. The second kappa shape index (κ2) is 7.20. The third-order valence-electron chi connectivity index (χ3n) is 5.22. The summed E-state index contributed by atoms with van der Waals surface area (Å²) in [6.07, 6.45) is 2.26. The maximum atomic E-state index is 12.5. The van der Waals surface area contributed by atoms with Gasteiger partial charge < -0.3 is 15.5 Å². The molecule has 5 nitrogen and oxygen atoms in total. The molecule has 1 saturated heterocycles. The minimum Gasteiger partial charge on any atom is -0.371 e. The molecule has 2 aromatic rings. The van der Waals surface area contributed by atoms with Gasteiger partial charge in [-0.3, -0.25) is 9.59 Å². The van der Waals surface area contributed by atoms with Crippen molar-refractivity contribution in [2.75, 3.05) is 29.9 Å². The number of hydrogen-bond acceptors (Lipinski definition) is 3. The molecule has 2 heterocycles. The predicted molar refractivity (Wildman–Crippen MR) is 102 cm³/mol. The van der Waals surface area contributed by atoms with E-state index < -0.39 is 0 Å². The van der Waals surface area contributed by atoms with Gasteiger partial charge in [0.2, 0.25) is 5.91 Å². The zero-order valence-corrected chi connectivity index (χ0v) is 14.7. The molecule has 0 saturated carbocycles. The van der Waals surface area contributed by atoms with Crippen molar-refractivity contribution in [3.05, 3.63) is 59.7 Å². The van der Waals surface area contributed by atoms with E-state index in [2.05, 4.69) is 39.8 Å². The third kappa shape index (κ3) is 3.57. The van der Waals surface area contributed by atoms with Crippen molar-refractivity contribution in [2.45, 2.75) is 19.3 Å². The average molecular weight is 349 g/mol. The Morgan fingerprint density at radius 1 is 1.15 bits per heavy atom. The highest BCUT2D eigenvalue weighted by Gasteiger charge is 2.23. The Kier molecular flexibility index (Phi) is 4.61. The molecule has 134 valence electrons. The molecule has 2 N–H and O–H groups in total. The first-order valence-corrected chi connectivity index (χ1v) is 9.20. The van der Waals surface area contributed by atoms with Crippen LogP contribution in [0.5, 0.6) is 0 Å². The zero-order valence-electron chi connectivity index (χ0n) is 14.7. The molecule has 2 aromatic carbocycles. The largest absolute Gasteiger partial charge is 0.371 e. The Balaban J connectivity index is 1.33. The smallest absolute Gasteiger partial charge is 0.251 e. The van der Waals surface area contributed by atoms with Gasteiger partial charge in [-0.2, -0.15) is 0 Å². The number of carbonyl (C=O) groups is 2. The van der Waals surface area contributed by atoms with E-state index >= 15 is 0 Å². The van der Waals surface area contributed by atoms with E-state index in [4.69, 9.17) is 0 Å². The molecule has 0 aromatic heterocycles. The fourth-order valence-electron chi connectivity index (χ4n) is 3.74. The van der Waals surface area contributed by atoms with Gasteiger partial charge in [-0.05, 0) is 54.7 Å². The van der Waals surface area contributed by atoms with E-state index in [9.17, 15) is 9.59 Å². The van der Waals surface area contributed by atoms with Crippen molar-refractivity contribution in [2.24, 2.45) is 5.92 Å². The summed E-state index contributed by atoms with van der Waals surface area (Å²) in [5, 5.41) is 5.92. The number of carbonyl (C=O) groups excluding carboxylic acids is 2. The summed E-state index contributed by atoms with van der Waals surface area (Å²) >= 11 is 0. The Labute approximate surface area is 153 Å². The minimum absolute atomic E-state index is 0.0390. The topological polar surface area (TPSA) is 61.4 Å². The summed E-state index contributed by atoms with van der Waals surface area (Å²) in [5.74, 6) is 0.470. The first-order valence-electron chi connectivity index (χ1n) is 9.20. The van der Waals surface area contributed by atoms with Crippen molar-refractivity contribution in [3.63, 3.8) is 0 Å². The Morgan fingerprint density at radius 3 is 2.85 bits per heavy atom. The monoisotopic (exact) mass is 349 g/mol. The third-order valence-corrected chi connectivity index (χ3v) is 5.22. The van der Waals surface area contributed by atoms with Gasteiger partial charge in [0, 0.05) is 43.0 Å². The molecule has 26 heavy (non-hydrogen) atoms. The average Bonchev–Trinajstić information content (AvgIpc) is 3.15. The number of nitrogens with one attached hydrogen (secondary N) is 2. The minimum atomic E-state index is -0.0390. The molecule has 4 rings (SSSR count). The maximum Gasteiger partial charge on any atom is 0.251 e. The summed E-state index contributed by atoms with van der Waals surface area (Å²) in [6.45, 7) is 2.69. The number of para-hydroxylation sites is 1. The van der Waals surface area contributed by atoms with Crippen LogP contribution in [0.2, 0.25) is 0 Å². The lowest BCUT2D eigenvalue weighted by Crippen LogP contribution is -2.31. The lowest BCUT2D eigenvalue weighted by Gasteiger charge is -2.19. The van der Waals surface area contributed by atoms with Gasteiger partial charge in [-0.25, -0.2) is 0 Å². The van der Waals surface area contributed by atoms with Crippen LogP contribution in [0.1, 0.15) is 28.8 Å². The van der Waals surface area contributed by atoms with Gasteiger partial charge in [-0.15, -0.1) is 0 Å². The molecule has 0 radical (unpaired) electrons. The first kappa shape index (κ1) is 16.6. The van der Waals surface area contributed by atoms with Crippen molar-refractivity contribution in [1.29, 1.82) is 0 Å². The van der Waals surface area contributed by atoms with E-state index in [1.54, 1.807) is 6.07 Å². The highest BCUT2D eigenvalue weighted by atomic mass is 16.2. The molecular weight excluding hydrogens is 326 g/mol. The molecule has 5 heteroatoms. The molecule has 2 aliphatic rings. The molecule has 1 atom stereocenters. The summed E-state index contributed by atoms with van der Waals surface area (Å²) in [5.41, 5.74) is 3.77. The highest BCUT2D eigenvalue weighted by Crippen LogP contribution is 2.25. The van der Waals surface area contributed by atoms with Crippen LogP contribution in [0.3, 0.4) is 0 Å². The van der Waals surface area contributed by atoms with E-state index in [0.717, 1.165) is 30.8 Å². The molecular formula is C21H23N3O2. The van der Waals surface area contributed by atoms with Crippen LogP contribution in [0.4, 0.5) is 11.4 Å². The van der Waals surface area contributed by atoms with Crippen molar-refractivity contribution in [1.82, 2.24) is 5.32 Å². The van der Waals surface area contributed by atoms with Crippen molar-refractivity contribution in [3.8, 4) is 0 Å². The number of anilines is 2. The van der Waals surface area contributed by atoms with E-state index in [1.165, 1.54) is 5.69 Å². The molecule has 0 aliphatic carbocycles. The van der Waals surface area contributed by atoms with Gasteiger partial charge >= 0.3 is 0 Å². The van der Waals surface area contributed by atoms with Gasteiger partial charge in [0.1, 0.15) is 0 Å². The Morgan fingerprint density at radius 2 is 2.00 bits per heavy atom. The van der Waals surface area contributed by atoms with Crippen molar-refractivity contribution >= 4 is 23.2 Å². The summed E-state index contributed by atoms with van der Waals surface area (Å²) in [4.78, 5) is 26.3. The van der Waals surface area contributed by atoms with Crippen LogP contribution in [0, 0.1) is 5.92 Å². The fraction of sp³-hybridized carbons (Fsp3) is 0.333. The lowest BCUT2D eigenvalue weighted by molar-refractivity contribution is -0.116. The summed E-state index contributed by atoms with van der Waals surface area (Å²) < 4.78 is 0. The van der Waals surface area contributed by atoms with E-state index in [0.29, 0.717) is 30.9 Å². The standard InChI is InChI=1S/C21H23N3O2/c25-20-9-7-16-12-17(6-8-19(16)23-20)21(26)22-13-15-10-11-24(14-15)18-4-2-1-3-5-18/h1-6,8,12,15H,7,9-11,13-14H2,(H,22,26)(H,23,25)/t15-/m1/s1. The van der Waals surface area contributed by atoms with Crippen LogP contribution in [0.15, 0.2) is 48.5 Å². The number of fused-ring (bicyclic) bond motifs is 1. The zero-order chi connectivity index (χ0) is 17.9. The summed E-state index contributed by atoms with van der Waals surface area (Å²) in [7, 11) is 0. The predicted octanol–water partition coefficient (Wildman–Crippen LogP) is 2.83. The molecule has 1 fully saturated rings. The molecule has 2 aliphatic heterocycles. The number of aryl methyl sites for hydroxylation is 1. The number of benzene rings is 2. The Hall–Kier alpha value is -2.82. The maximum absolute atomic E-state index is 12.5. The van der Waals surface area contributed by atoms with Crippen LogP contribution < -0.4 is 15.5 Å². The van der Waals surface area contributed by atoms with Gasteiger partial charge in [0.25, 0.3) is 5.91 Å². The molecule has 0 unspecified atom stereocenters. The SMILES string of the molecule is O=C1CCc2cc(C(=O)NC[C@H]3CCN(c4ccccc4)C3)ccc2N1. The van der Waals surface area contributed by atoms with E-state index in [-0.39, 0.29) is 11.8 Å². The number of amides is 2. The van der Waals surface area contributed by atoms with Crippen LogP contribution in [0.25, 0.3) is 0 Å². The van der Waals surface area contributed by atoms with Crippen LogP contribution in [-0.4, -0.2) is 31.4 Å².